The maximum Gasteiger partial charge on any atom is 0.243 e. The molecule has 2 aromatic rings. The van der Waals surface area contributed by atoms with Gasteiger partial charge in [-0.3, -0.25) is 9.69 Å². The van der Waals surface area contributed by atoms with Crippen LogP contribution in [0.1, 0.15) is 29.5 Å². The number of hydrogen-bond acceptors (Lipinski definition) is 5. The predicted octanol–water partition coefficient (Wildman–Crippen LogP) is 2.96. The summed E-state index contributed by atoms with van der Waals surface area (Å²) in [5.41, 5.74) is 0. The number of likely N-dealkylation sites (tertiary alicyclic amines) is 1. The Morgan fingerprint density at radius 2 is 2.07 bits per heavy atom. The highest BCUT2D eigenvalue weighted by atomic mass is 127. The fraction of sp³-hybridized carbons (Fsp3) is 0.524. The van der Waals surface area contributed by atoms with E-state index in [1.807, 2.05) is 12.1 Å². The van der Waals surface area contributed by atoms with E-state index in [9.17, 15) is 4.79 Å². The summed E-state index contributed by atoms with van der Waals surface area (Å²) in [6, 6.07) is 8.31. The van der Waals surface area contributed by atoms with Crippen LogP contribution in [0.15, 0.2) is 45.3 Å². The average Bonchev–Trinajstić information content (AvgIpc) is 3.49. The number of thiophene rings is 1. The smallest absolute Gasteiger partial charge is 0.243 e. The van der Waals surface area contributed by atoms with Gasteiger partial charge in [0, 0.05) is 32.1 Å². The summed E-state index contributed by atoms with van der Waals surface area (Å²) < 4.78 is 5.70. The SMILES string of the molecule is CN(C)C(=O)CN=C(NCCc1cccs1)NCC(c1ccco1)N1CCCC1.I. The molecule has 166 valence electrons. The van der Waals surface area contributed by atoms with Crippen molar-refractivity contribution in [1.29, 1.82) is 0 Å². The lowest BCUT2D eigenvalue weighted by Crippen LogP contribution is -2.43. The first kappa shape index (κ1) is 24.7. The van der Waals surface area contributed by atoms with E-state index in [0.717, 1.165) is 31.8 Å². The molecule has 1 amide bonds. The molecular weight excluding hydrogens is 513 g/mol. The molecule has 3 heterocycles. The monoisotopic (exact) mass is 545 g/mol. The Morgan fingerprint density at radius 3 is 2.70 bits per heavy atom. The number of aliphatic imine (C=N–C) groups is 1. The largest absolute Gasteiger partial charge is 0.468 e. The van der Waals surface area contributed by atoms with E-state index in [-0.39, 0.29) is 42.5 Å². The van der Waals surface area contributed by atoms with Gasteiger partial charge in [-0.15, -0.1) is 35.3 Å². The van der Waals surface area contributed by atoms with E-state index in [1.54, 1.807) is 36.6 Å². The van der Waals surface area contributed by atoms with Gasteiger partial charge in [-0.05, 0) is 55.9 Å². The molecule has 0 spiro atoms. The van der Waals surface area contributed by atoms with Crippen LogP contribution in [0.4, 0.5) is 0 Å². The Morgan fingerprint density at radius 1 is 1.27 bits per heavy atom. The minimum absolute atomic E-state index is 0. The molecule has 1 atom stereocenters. The number of amides is 1. The summed E-state index contributed by atoms with van der Waals surface area (Å²) >= 11 is 1.75. The van der Waals surface area contributed by atoms with Crippen LogP contribution >= 0.6 is 35.3 Å². The van der Waals surface area contributed by atoms with Gasteiger partial charge in [0.25, 0.3) is 0 Å². The van der Waals surface area contributed by atoms with Crippen LogP contribution in [-0.4, -0.2) is 68.5 Å². The van der Waals surface area contributed by atoms with E-state index in [2.05, 4.69) is 38.0 Å². The molecule has 1 saturated heterocycles. The van der Waals surface area contributed by atoms with Crippen molar-refractivity contribution in [3.05, 3.63) is 46.5 Å². The molecule has 0 radical (unpaired) electrons. The van der Waals surface area contributed by atoms with Crippen LogP contribution in [0, 0.1) is 0 Å². The molecule has 0 saturated carbocycles. The topological polar surface area (TPSA) is 73.1 Å². The Labute approximate surface area is 199 Å². The molecule has 1 aliphatic heterocycles. The minimum atomic E-state index is -0.0218. The number of nitrogens with one attached hydrogen (secondary N) is 2. The van der Waals surface area contributed by atoms with Crippen LogP contribution in [-0.2, 0) is 11.2 Å². The van der Waals surface area contributed by atoms with E-state index in [4.69, 9.17) is 4.42 Å². The van der Waals surface area contributed by atoms with Crippen LogP contribution in [0.2, 0.25) is 0 Å². The Hall–Kier alpha value is -1.59. The molecule has 0 aliphatic carbocycles. The number of guanidine groups is 1. The molecule has 7 nitrogen and oxygen atoms in total. The van der Waals surface area contributed by atoms with Crippen molar-refractivity contribution in [2.24, 2.45) is 4.99 Å². The number of rotatable bonds is 9. The summed E-state index contributed by atoms with van der Waals surface area (Å²) in [5.74, 6) is 1.60. The van der Waals surface area contributed by atoms with Gasteiger partial charge in [-0.1, -0.05) is 6.07 Å². The van der Waals surface area contributed by atoms with E-state index >= 15 is 0 Å². The van der Waals surface area contributed by atoms with Gasteiger partial charge in [0.15, 0.2) is 5.96 Å². The molecule has 2 aromatic heterocycles. The first-order chi connectivity index (χ1) is 14.1. The summed E-state index contributed by atoms with van der Waals surface area (Å²) in [6.07, 6.45) is 5.08. The first-order valence-corrected chi connectivity index (χ1v) is 11.0. The predicted molar refractivity (Wildman–Crippen MR) is 133 cm³/mol. The van der Waals surface area contributed by atoms with Gasteiger partial charge in [0.05, 0.1) is 12.3 Å². The van der Waals surface area contributed by atoms with E-state index < -0.39 is 0 Å². The molecule has 3 rings (SSSR count). The van der Waals surface area contributed by atoms with Gasteiger partial charge in [-0.25, -0.2) is 4.99 Å². The highest BCUT2D eigenvalue weighted by molar-refractivity contribution is 14.0. The third kappa shape index (κ3) is 7.59. The standard InChI is InChI=1S/C21H31N5O2S.HI/c1-25(2)20(27)16-24-21(22-10-9-17-7-6-14-29-17)23-15-18(19-8-5-13-28-19)26-11-3-4-12-26;/h5-8,13-14,18H,3-4,9-12,15-16H2,1-2H3,(H2,22,23,24);1H. The zero-order valence-electron chi connectivity index (χ0n) is 17.7. The van der Waals surface area contributed by atoms with Crippen molar-refractivity contribution in [3.8, 4) is 0 Å². The Balaban J connectivity index is 0.00000320. The van der Waals surface area contributed by atoms with Gasteiger partial charge in [0.2, 0.25) is 5.91 Å². The molecular formula is C21H32IN5O2S. The van der Waals surface area contributed by atoms with Crippen molar-refractivity contribution in [1.82, 2.24) is 20.4 Å². The summed E-state index contributed by atoms with van der Waals surface area (Å²) in [4.78, 5) is 21.8. The highest BCUT2D eigenvalue weighted by Crippen LogP contribution is 2.24. The summed E-state index contributed by atoms with van der Waals surface area (Å²) in [6.45, 7) is 3.71. The second-order valence-corrected chi connectivity index (χ2v) is 8.40. The third-order valence-electron chi connectivity index (χ3n) is 5.03. The van der Waals surface area contributed by atoms with Crippen LogP contribution in [0.25, 0.3) is 0 Å². The van der Waals surface area contributed by atoms with E-state index in [1.165, 1.54) is 17.7 Å². The molecule has 1 aliphatic rings. The lowest BCUT2D eigenvalue weighted by atomic mass is 10.2. The second kappa shape index (κ2) is 13.0. The fourth-order valence-corrected chi connectivity index (χ4v) is 4.07. The number of carbonyl (C=O) groups excluding carboxylic acids is 1. The van der Waals surface area contributed by atoms with Crippen molar-refractivity contribution in [3.63, 3.8) is 0 Å². The number of likely N-dealkylation sites (N-methyl/N-ethyl adjacent to an activating group) is 1. The molecule has 0 bridgehead atoms. The minimum Gasteiger partial charge on any atom is -0.468 e. The normalized spacial score (nSPS) is 15.5. The van der Waals surface area contributed by atoms with Crippen LogP contribution < -0.4 is 10.6 Å². The number of halogens is 1. The maximum absolute atomic E-state index is 12.0. The Kier molecular flexibility index (Phi) is 10.7. The van der Waals surface area contributed by atoms with Crippen molar-refractivity contribution in [2.45, 2.75) is 25.3 Å². The van der Waals surface area contributed by atoms with Gasteiger partial charge >= 0.3 is 0 Å². The number of furan rings is 1. The van der Waals surface area contributed by atoms with Crippen molar-refractivity contribution >= 4 is 47.2 Å². The molecule has 2 N–H and O–H groups in total. The lowest BCUT2D eigenvalue weighted by molar-refractivity contribution is -0.127. The third-order valence-corrected chi connectivity index (χ3v) is 5.97. The second-order valence-electron chi connectivity index (χ2n) is 7.36. The quantitative estimate of drug-likeness (QED) is 0.288. The van der Waals surface area contributed by atoms with Crippen molar-refractivity contribution < 1.29 is 9.21 Å². The first-order valence-electron chi connectivity index (χ1n) is 10.2. The zero-order valence-corrected chi connectivity index (χ0v) is 20.8. The lowest BCUT2D eigenvalue weighted by Gasteiger charge is -2.26. The summed E-state index contributed by atoms with van der Waals surface area (Å²) in [7, 11) is 3.49. The van der Waals surface area contributed by atoms with Gasteiger partial charge in [0.1, 0.15) is 12.3 Å². The van der Waals surface area contributed by atoms with Crippen LogP contribution in [0.3, 0.4) is 0 Å². The average molecular weight is 545 g/mol. The number of hydrogen-bond donors (Lipinski definition) is 2. The molecule has 1 fully saturated rings. The van der Waals surface area contributed by atoms with Gasteiger partial charge < -0.3 is 20.0 Å². The van der Waals surface area contributed by atoms with Crippen LogP contribution in [0.5, 0.6) is 0 Å². The molecule has 1 unspecified atom stereocenters. The summed E-state index contributed by atoms with van der Waals surface area (Å²) in [5, 5.41) is 8.88. The van der Waals surface area contributed by atoms with Gasteiger partial charge in [-0.2, -0.15) is 0 Å². The van der Waals surface area contributed by atoms with Crippen molar-refractivity contribution in [2.75, 3.05) is 46.8 Å². The number of nitrogens with zero attached hydrogens (tertiary/aromatic N) is 3. The maximum atomic E-state index is 12.0. The fourth-order valence-electron chi connectivity index (χ4n) is 3.36. The molecule has 0 aromatic carbocycles. The zero-order chi connectivity index (χ0) is 20.5. The highest BCUT2D eigenvalue weighted by Gasteiger charge is 2.25. The van der Waals surface area contributed by atoms with E-state index in [0.29, 0.717) is 12.5 Å². The number of carbonyl (C=O) groups is 1. The molecule has 9 heteroatoms. The Bertz CT molecular complexity index is 758. The molecule has 30 heavy (non-hydrogen) atoms.